The predicted octanol–water partition coefficient (Wildman–Crippen LogP) is 5.84. The fourth-order valence-electron chi connectivity index (χ4n) is 6.76. The molecule has 6 rings (SSSR count). The van der Waals surface area contributed by atoms with Crippen LogP contribution in [0.25, 0.3) is 21.9 Å². The number of hydrogen-bond donors (Lipinski definition) is 1. The van der Waals surface area contributed by atoms with E-state index in [-0.39, 0.29) is 29.9 Å². The molecule has 1 aliphatic carbocycles. The SMILES string of the molecule is COC(=O)N1c2ccc3c(nc([C@H](O)c4ccc5c(ccn5C)c4)n3[C@@H]3CCC[C@@H](C(C)=O)C3)c2CC[C@@H]1C. The molecule has 2 aliphatic rings. The number of carbonyl (C=O) groups excluding carboxylic acids is 2. The minimum atomic E-state index is -0.936. The van der Waals surface area contributed by atoms with Gasteiger partial charge in [-0.25, -0.2) is 9.78 Å². The number of anilines is 1. The molecule has 0 radical (unpaired) electrons. The van der Waals surface area contributed by atoms with E-state index < -0.39 is 6.10 Å². The van der Waals surface area contributed by atoms with Crippen molar-refractivity contribution in [1.82, 2.24) is 14.1 Å². The standard InChI is InChI=1S/C31H36N4O4/c1-18-8-10-24-26(34(18)31(38)39-4)12-13-27-28(24)32-30(35(27)23-7-5-6-20(17-23)19(2)36)29(37)22-9-11-25-21(16-22)14-15-33(25)3/h9,11-16,18,20,23,29,37H,5-8,10,17H2,1-4H3/t18-,20+,23+,29+/m0/s1. The van der Waals surface area contributed by atoms with Crippen LogP contribution in [0.15, 0.2) is 42.6 Å². The summed E-state index contributed by atoms with van der Waals surface area (Å²) >= 11 is 0. The molecule has 2 aromatic heterocycles. The first-order valence-corrected chi connectivity index (χ1v) is 13.9. The van der Waals surface area contributed by atoms with Crippen LogP contribution in [0, 0.1) is 5.92 Å². The first kappa shape index (κ1) is 25.6. The Morgan fingerprint density at radius 3 is 2.67 bits per heavy atom. The van der Waals surface area contributed by atoms with Crippen LogP contribution in [0.5, 0.6) is 0 Å². The summed E-state index contributed by atoms with van der Waals surface area (Å²) in [6.45, 7) is 3.71. The number of ketones is 1. The number of aryl methyl sites for hydroxylation is 2. The summed E-state index contributed by atoms with van der Waals surface area (Å²) in [4.78, 5) is 31.9. The van der Waals surface area contributed by atoms with E-state index in [0.29, 0.717) is 5.82 Å². The maximum Gasteiger partial charge on any atom is 0.414 e. The normalized spacial score (nSPS) is 22.2. The van der Waals surface area contributed by atoms with E-state index in [1.807, 2.05) is 56.6 Å². The van der Waals surface area contributed by atoms with Gasteiger partial charge >= 0.3 is 6.09 Å². The van der Waals surface area contributed by atoms with Gasteiger partial charge in [-0.1, -0.05) is 12.5 Å². The van der Waals surface area contributed by atoms with E-state index >= 15 is 0 Å². The van der Waals surface area contributed by atoms with Crippen LogP contribution in [0.2, 0.25) is 0 Å². The molecule has 204 valence electrons. The van der Waals surface area contributed by atoms with Crippen molar-refractivity contribution in [2.24, 2.45) is 13.0 Å². The summed E-state index contributed by atoms with van der Waals surface area (Å²) in [6, 6.07) is 12.1. The van der Waals surface area contributed by atoms with Crippen molar-refractivity contribution in [1.29, 1.82) is 0 Å². The Balaban J connectivity index is 1.53. The van der Waals surface area contributed by atoms with Crippen molar-refractivity contribution in [2.45, 2.75) is 70.6 Å². The van der Waals surface area contributed by atoms with E-state index in [0.717, 1.165) is 77.3 Å². The smallest absolute Gasteiger partial charge is 0.414 e. The lowest BCUT2D eigenvalue weighted by atomic mass is 9.83. The van der Waals surface area contributed by atoms with Crippen molar-refractivity contribution in [2.75, 3.05) is 12.0 Å². The Morgan fingerprint density at radius 1 is 1.10 bits per heavy atom. The van der Waals surface area contributed by atoms with Crippen LogP contribution in [0.1, 0.15) is 75.0 Å². The first-order chi connectivity index (χ1) is 18.8. The highest BCUT2D eigenvalue weighted by Crippen LogP contribution is 2.42. The molecule has 0 unspecified atom stereocenters. The minimum absolute atomic E-state index is 0.0140. The fourth-order valence-corrected chi connectivity index (χ4v) is 6.76. The topological polar surface area (TPSA) is 89.6 Å². The quantitative estimate of drug-likeness (QED) is 0.360. The van der Waals surface area contributed by atoms with Crippen LogP contribution in [0.3, 0.4) is 0 Å². The molecule has 0 bridgehead atoms. The second-order valence-electron chi connectivity index (χ2n) is 11.3. The Labute approximate surface area is 228 Å². The van der Waals surface area contributed by atoms with E-state index in [9.17, 15) is 14.7 Å². The van der Waals surface area contributed by atoms with Gasteiger partial charge in [0.2, 0.25) is 0 Å². The van der Waals surface area contributed by atoms with Crippen LogP contribution >= 0.6 is 0 Å². The number of aromatic nitrogens is 3. The third kappa shape index (κ3) is 4.22. The number of imidazole rings is 1. The number of nitrogens with zero attached hydrogens (tertiary/aromatic N) is 4. The third-order valence-electron chi connectivity index (χ3n) is 8.91. The third-order valence-corrected chi connectivity index (χ3v) is 8.91. The Morgan fingerprint density at radius 2 is 1.90 bits per heavy atom. The van der Waals surface area contributed by atoms with Crippen molar-refractivity contribution in [3.05, 3.63) is 59.5 Å². The molecule has 4 atom stereocenters. The summed E-state index contributed by atoms with van der Waals surface area (Å²) in [5.41, 5.74) is 5.45. The Bertz CT molecular complexity index is 1580. The summed E-state index contributed by atoms with van der Waals surface area (Å²) in [5.74, 6) is 0.826. The number of rotatable bonds is 4. The fraction of sp³-hybridized carbons (Fsp3) is 0.452. The van der Waals surface area contributed by atoms with Crippen LogP contribution in [-0.2, 0) is 23.0 Å². The van der Waals surface area contributed by atoms with Gasteiger partial charge in [0.15, 0.2) is 0 Å². The number of Topliss-reactive ketones (excluding diaryl/α,β-unsaturated/α-hetero) is 1. The molecule has 0 spiro atoms. The lowest BCUT2D eigenvalue weighted by Gasteiger charge is -2.34. The molecular weight excluding hydrogens is 492 g/mol. The number of ether oxygens (including phenoxy) is 1. The zero-order valence-corrected chi connectivity index (χ0v) is 23.1. The maximum atomic E-state index is 12.7. The average molecular weight is 529 g/mol. The molecule has 8 nitrogen and oxygen atoms in total. The summed E-state index contributed by atoms with van der Waals surface area (Å²) in [7, 11) is 3.41. The van der Waals surface area contributed by atoms with Gasteiger partial charge in [0.25, 0.3) is 0 Å². The van der Waals surface area contributed by atoms with Crippen molar-refractivity contribution in [3.63, 3.8) is 0 Å². The number of amides is 1. The van der Waals surface area contributed by atoms with Gasteiger partial charge in [-0.2, -0.15) is 0 Å². The number of hydrogen-bond acceptors (Lipinski definition) is 5. The number of aliphatic hydroxyl groups excluding tert-OH is 1. The minimum Gasteiger partial charge on any atom is -0.452 e. The monoisotopic (exact) mass is 528 g/mol. The largest absolute Gasteiger partial charge is 0.452 e. The molecule has 1 aliphatic heterocycles. The molecule has 0 saturated heterocycles. The van der Waals surface area contributed by atoms with Crippen LogP contribution in [-0.4, -0.2) is 44.3 Å². The molecule has 1 amide bonds. The van der Waals surface area contributed by atoms with E-state index in [4.69, 9.17) is 9.72 Å². The molecular formula is C31H36N4O4. The molecule has 1 N–H and O–H groups in total. The Kier molecular flexibility index (Phi) is 6.46. The predicted molar refractivity (Wildman–Crippen MR) is 151 cm³/mol. The van der Waals surface area contributed by atoms with E-state index in [2.05, 4.69) is 9.13 Å². The molecule has 2 aromatic carbocycles. The zero-order chi connectivity index (χ0) is 27.4. The van der Waals surface area contributed by atoms with E-state index in [1.54, 1.807) is 11.8 Å². The van der Waals surface area contributed by atoms with Crippen LogP contribution in [0.4, 0.5) is 10.5 Å². The lowest BCUT2D eigenvalue weighted by molar-refractivity contribution is -0.122. The van der Waals surface area contributed by atoms with Gasteiger partial charge in [-0.05, 0) is 87.2 Å². The molecule has 3 heterocycles. The second-order valence-corrected chi connectivity index (χ2v) is 11.3. The Hall–Kier alpha value is -3.65. The number of carbonyl (C=O) groups is 2. The van der Waals surface area contributed by atoms with E-state index in [1.165, 1.54) is 7.11 Å². The molecule has 39 heavy (non-hydrogen) atoms. The van der Waals surface area contributed by atoms with Gasteiger partial charge in [0.05, 0.1) is 23.8 Å². The first-order valence-electron chi connectivity index (χ1n) is 13.9. The van der Waals surface area contributed by atoms with Crippen LogP contribution < -0.4 is 4.90 Å². The average Bonchev–Trinajstić information content (AvgIpc) is 3.52. The lowest BCUT2D eigenvalue weighted by Crippen LogP contribution is -2.42. The van der Waals surface area contributed by atoms with Gasteiger partial charge in [-0.3, -0.25) is 9.69 Å². The van der Waals surface area contributed by atoms with Gasteiger partial charge < -0.3 is 19.0 Å². The molecule has 1 fully saturated rings. The number of methoxy groups -OCH3 is 1. The molecule has 8 heteroatoms. The number of benzene rings is 2. The second kappa shape index (κ2) is 9.83. The molecule has 4 aromatic rings. The van der Waals surface area contributed by atoms with Crippen molar-refractivity contribution < 1.29 is 19.4 Å². The number of fused-ring (bicyclic) bond motifs is 4. The van der Waals surface area contributed by atoms with Gasteiger partial charge in [0, 0.05) is 42.3 Å². The zero-order valence-electron chi connectivity index (χ0n) is 23.1. The molecule has 1 saturated carbocycles. The summed E-state index contributed by atoms with van der Waals surface area (Å²) in [6.07, 6.45) is 5.80. The van der Waals surface area contributed by atoms with Crippen molar-refractivity contribution >= 4 is 39.5 Å². The highest BCUT2D eigenvalue weighted by Gasteiger charge is 2.35. The summed E-state index contributed by atoms with van der Waals surface area (Å²) < 4.78 is 9.35. The highest BCUT2D eigenvalue weighted by molar-refractivity contribution is 5.95. The number of aliphatic hydroxyl groups is 1. The summed E-state index contributed by atoms with van der Waals surface area (Å²) in [5, 5.41) is 12.9. The maximum absolute atomic E-state index is 12.7. The highest BCUT2D eigenvalue weighted by atomic mass is 16.5. The van der Waals surface area contributed by atoms with Gasteiger partial charge in [0.1, 0.15) is 17.7 Å². The van der Waals surface area contributed by atoms with Crippen molar-refractivity contribution in [3.8, 4) is 0 Å². The van der Waals surface area contributed by atoms with Gasteiger partial charge in [-0.15, -0.1) is 0 Å².